The van der Waals surface area contributed by atoms with Crippen LogP contribution in [0.25, 0.3) is 0 Å². The zero-order valence-electron chi connectivity index (χ0n) is 11.2. The first-order chi connectivity index (χ1) is 8.18. The molecule has 1 aromatic heterocycles. The lowest BCUT2D eigenvalue weighted by Gasteiger charge is -2.47. The van der Waals surface area contributed by atoms with E-state index < -0.39 is 0 Å². The van der Waals surface area contributed by atoms with Gasteiger partial charge in [0.25, 0.3) is 0 Å². The molecular formula is C13H24N4. The summed E-state index contributed by atoms with van der Waals surface area (Å²) in [6.07, 6.45) is 5.89. The molecule has 1 fully saturated rings. The molecule has 0 saturated heterocycles. The molecule has 2 rings (SSSR count). The van der Waals surface area contributed by atoms with Crippen molar-refractivity contribution < 1.29 is 0 Å². The van der Waals surface area contributed by atoms with Crippen molar-refractivity contribution in [2.45, 2.75) is 44.8 Å². The third-order valence-corrected chi connectivity index (χ3v) is 4.10. The van der Waals surface area contributed by atoms with Gasteiger partial charge in [-0.25, -0.2) is 0 Å². The van der Waals surface area contributed by atoms with E-state index >= 15 is 0 Å². The highest BCUT2D eigenvalue weighted by molar-refractivity contribution is 5.02. The largest absolute Gasteiger partial charge is 0.309 e. The van der Waals surface area contributed by atoms with Gasteiger partial charge < -0.3 is 10.2 Å². The lowest BCUT2D eigenvalue weighted by Crippen LogP contribution is -2.56. The van der Waals surface area contributed by atoms with E-state index in [4.69, 9.17) is 0 Å². The van der Waals surface area contributed by atoms with Crippen molar-refractivity contribution in [1.29, 1.82) is 0 Å². The van der Waals surface area contributed by atoms with E-state index in [1.165, 1.54) is 25.0 Å². The zero-order valence-corrected chi connectivity index (χ0v) is 11.2. The van der Waals surface area contributed by atoms with E-state index in [0.717, 1.165) is 19.6 Å². The Kier molecular flexibility index (Phi) is 3.84. The minimum Gasteiger partial charge on any atom is -0.309 e. The normalized spacial score (nSPS) is 18.4. The lowest BCUT2D eigenvalue weighted by molar-refractivity contribution is 0.0596. The molecule has 0 aliphatic heterocycles. The number of aryl methyl sites for hydroxylation is 1. The summed E-state index contributed by atoms with van der Waals surface area (Å²) < 4.78 is 2.05. The molecule has 17 heavy (non-hydrogen) atoms. The van der Waals surface area contributed by atoms with Crippen LogP contribution < -0.4 is 5.32 Å². The molecule has 0 spiro atoms. The molecule has 0 atom stereocenters. The monoisotopic (exact) mass is 236 g/mol. The van der Waals surface area contributed by atoms with Gasteiger partial charge in [-0.1, -0.05) is 0 Å². The predicted molar refractivity (Wildman–Crippen MR) is 69.9 cm³/mol. The molecule has 96 valence electrons. The Morgan fingerprint density at radius 2 is 2.24 bits per heavy atom. The number of hydrogen-bond acceptors (Lipinski definition) is 3. The summed E-state index contributed by atoms with van der Waals surface area (Å²) in [6, 6.07) is 2.10. The maximum Gasteiger partial charge on any atom is 0.0521 e. The number of likely N-dealkylation sites (N-methyl/N-ethyl adjacent to an activating group) is 1. The van der Waals surface area contributed by atoms with Crippen molar-refractivity contribution in [3.05, 3.63) is 18.0 Å². The van der Waals surface area contributed by atoms with E-state index in [9.17, 15) is 0 Å². The Morgan fingerprint density at radius 3 is 2.76 bits per heavy atom. The fourth-order valence-corrected chi connectivity index (χ4v) is 2.59. The number of nitrogens with one attached hydrogen (secondary N) is 1. The summed E-state index contributed by atoms with van der Waals surface area (Å²) in [6.45, 7) is 5.07. The molecule has 1 aromatic rings. The lowest BCUT2D eigenvalue weighted by atomic mass is 9.75. The molecule has 1 N–H and O–H groups in total. The standard InChI is InChI=1S/C13H24N4/c1-4-17-12(6-9-15-17)10-14-11-13(16(2)3)7-5-8-13/h6,9,14H,4-5,7-8,10-11H2,1-3H3. The van der Waals surface area contributed by atoms with Gasteiger partial charge in [0, 0.05) is 31.4 Å². The molecule has 1 aliphatic rings. The Balaban J connectivity index is 1.83. The summed E-state index contributed by atoms with van der Waals surface area (Å²) in [4.78, 5) is 2.38. The van der Waals surface area contributed by atoms with Gasteiger partial charge in [0.15, 0.2) is 0 Å². The second-order valence-corrected chi connectivity index (χ2v) is 5.21. The minimum absolute atomic E-state index is 0.400. The molecule has 0 bridgehead atoms. The molecule has 4 nitrogen and oxygen atoms in total. The second-order valence-electron chi connectivity index (χ2n) is 5.21. The van der Waals surface area contributed by atoms with Gasteiger partial charge in [0.1, 0.15) is 0 Å². The number of aromatic nitrogens is 2. The average molecular weight is 236 g/mol. The van der Waals surface area contributed by atoms with Crippen LogP contribution in [0.3, 0.4) is 0 Å². The first-order valence-corrected chi connectivity index (χ1v) is 6.57. The Morgan fingerprint density at radius 1 is 1.47 bits per heavy atom. The predicted octanol–water partition coefficient (Wildman–Crippen LogP) is 1.48. The highest BCUT2D eigenvalue weighted by atomic mass is 15.3. The van der Waals surface area contributed by atoms with Crippen LogP contribution in [0.2, 0.25) is 0 Å². The molecular weight excluding hydrogens is 212 g/mol. The van der Waals surface area contributed by atoms with Crippen LogP contribution in [-0.2, 0) is 13.1 Å². The molecule has 0 radical (unpaired) electrons. The van der Waals surface area contributed by atoms with Crippen LogP contribution in [0, 0.1) is 0 Å². The van der Waals surface area contributed by atoms with Crippen LogP contribution >= 0.6 is 0 Å². The minimum atomic E-state index is 0.400. The van der Waals surface area contributed by atoms with Crippen LogP contribution in [0.15, 0.2) is 12.3 Å². The van der Waals surface area contributed by atoms with Gasteiger partial charge >= 0.3 is 0 Å². The Bertz CT molecular complexity index is 352. The summed E-state index contributed by atoms with van der Waals surface area (Å²) in [5.41, 5.74) is 1.68. The van der Waals surface area contributed by atoms with E-state index in [1.807, 2.05) is 6.20 Å². The molecule has 1 aliphatic carbocycles. The van der Waals surface area contributed by atoms with Crippen molar-refractivity contribution in [1.82, 2.24) is 20.0 Å². The Hall–Kier alpha value is -0.870. The summed E-state index contributed by atoms with van der Waals surface area (Å²) in [5.74, 6) is 0. The molecule has 4 heteroatoms. The van der Waals surface area contributed by atoms with Gasteiger partial charge in [0.2, 0.25) is 0 Å². The number of rotatable bonds is 6. The first kappa shape index (κ1) is 12.6. The summed E-state index contributed by atoms with van der Waals surface area (Å²) >= 11 is 0. The SMILES string of the molecule is CCn1nccc1CNCC1(N(C)C)CCC1. The second kappa shape index (κ2) is 5.19. The maximum atomic E-state index is 4.29. The topological polar surface area (TPSA) is 33.1 Å². The first-order valence-electron chi connectivity index (χ1n) is 6.57. The van der Waals surface area contributed by atoms with Crippen molar-refractivity contribution in [2.24, 2.45) is 0 Å². The molecule has 1 saturated carbocycles. The van der Waals surface area contributed by atoms with Crippen molar-refractivity contribution in [3.8, 4) is 0 Å². The van der Waals surface area contributed by atoms with Crippen LogP contribution in [0.1, 0.15) is 31.9 Å². The van der Waals surface area contributed by atoms with Gasteiger partial charge in [-0.15, -0.1) is 0 Å². The van der Waals surface area contributed by atoms with Crippen LogP contribution in [0.4, 0.5) is 0 Å². The van der Waals surface area contributed by atoms with E-state index in [0.29, 0.717) is 5.54 Å². The third-order valence-electron chi connectivity index (χ3n) is 4.10. The smallest absolute Gasteiger partial charge is 0.0521 e. The third kappa shape index (κ3) is 2.53. The quantitative estimate of drug-likeness (QED) is 0.812. The molecule has 0 aromatic carbocycles. The molecule has 0 unspecified atom stereocenters. The Labute approximate surface area is 104 Å². The van der Waals surface area contributed by atoms with E-state index in [1.54, 1.807) is 0 Å². The fraction of sp³-hybridized carbons (Fsp3) is 0.769. The van der Waals surface area contributed by atoms with Crippen molar-refractivity contribution in [3.63, 3.8) is 0 Å². The van der Waals surface area contributed by atoms with Crippen molar-refractivity contribution in [2.75, 3.05) is 20.6 Å². The fourth-order valence-electron chi connectivity index (χ4n) is 2.59. The molecule has 1 heterocycles. The van der Waals surface area contributed by atoms with E-state index in [2.05, 4.69) is 47.1 Å². The number of hydrogen-bond donors (Lipinski definition) is 1. The summed E-state index contributed by atoms with van der Waals surface area (Å²) in [5, 5.41) is 7.87. The average Bonchev–Trinajstić information content (AvgIpc) is 2.68. The summed E-state index contributed by atoms with van der Waals surface area (Å²) in [7, 11) is 4.38. The van der Waals surface area contributed by atoms with Gasteiger partial charge in [0.05, 0.1) is 5.69 Å². The van der Waals surface area contributed by atoms with Gasteiger partial charge in [-0.3, -0.25) is 4.68 Å². The zero-order chi connectivity index (χ0) is 12.3. The van der Waals surface area contributed by atoms with Crippen LogP contribution in [0.5, 0.6) is 0 Å². The van der Waals surface area contributed by atoms with Crippen molar-refractivity contribution >= 4 is 0 Å². The maximum absolute atomic E-state index is 4.29. The molecule has 0 amide bonds. The van der Waals surface area contributed by atoms with Gasteiger partial charge in [-0.05, 0) is 46.3 Å². The van der Waals surface area contributed by atoms with Gasteiger partial charge in [-0.2, -0.15) is 5.10 Å². The number of nitrogens with zero attached hydrogens (tertiary/aromatic N) is 3. The van der Waals surface area contributed by atoms with Crippen LogP contribution in [-0.4, -0.2) is 40.9 Å². The van der Waals surface area contributed by atoms with E-state index in [-0.39, 0.29) is 0 Å². The highest BCUT2D eigenvalue weighted by Gasteiger charge is 2.38. The highest BCUT2D eigenvalue weighted by Crippen LogP contribution is 2.35.